The molecular weight excluding hydrogens is 356 g/mol. The summed E-state index contributed by atoms with van der Waals surface area (Å²) in [6.07, 6.45) is 5.33. The van der Waals surface area contributed by atoms with E-state index in [1.165, 1.54) is 0 Å². The van der Waals surface area contributed by atoms with Crippen molar-refractivity contribution in [3.63, 3.8) is 0 Å². The Balaban J connectivity index is 1.32. The lowest BCUT2D eigenvalue weighted by atomic mass is 10.3. The average Bonchev–Trinajstić information content (AvgIpc) is 3.48. The minimum Gasteiger partial charge on any atom is -0.310 e. The minimum atomic E-state index is 0.810. The molecule has 0 unspecified atom stereocenters. The van der Waals surface area contributed by atoms with Gasteiger partial charge in [-0.15, -0.1) is 0 Å². The third kappa shape index (κ3) is 7.61. The topological polar surface area (TPSA) is 125 Å². The van der Waals surface area contributed by atoms with Gasteiger partial charge in [0.2, 0.25) is 0 Å². The van der Waals surface area contributed by atoms with E-state index in [9.17, 15) is 0 Å². The molecule has 0 bridgehead atoms. The van der Waals surface area contributed by atoms with Crippen molar-refractivity contribution < 1.29 is 0 Å². The maximum Gasteiger partial charge on any atom is 0.0490 e. The van der Waals surface area contributed by atoms with Crippen LogP contribution in [0.25, 0.3) is 0 Å². The largest absolute Gasteiger partial charge is 0.310 e. The van der Waals surface area contributed by atoms with E-state index in [4.69, 9.17) is 0 Å². The molecule has 0 saturated carbocycles. The summed E-state index contributed by atoms with van der Waals surface area (Å²) in [6, 6.07) is 5.97. The van der Waals surface area contributed by atoms with E-state index in [-0.39, 0.29) is 0 Å². The molecule has 0 aliphatic carbocycles. The molecule has 3 aromatic rings. The van der Waals surface area contributed by atoms with Crippen molar-refractivity contribution in [2.24, 2.45) is 0 Å². The van der Waals surface area contributed by atoms with E-state index in [0.717, 1.165) is 76.0 Å². The second-order valence-corrected chi connectivity index (χ2v) is 6.62. The van der Waals surface area contributed by atoms with Gasteiger partial charge >= 0.3 is 0 Å². The van der Waals surface area contributed by atoms with E-state index >= 15 is 0 Å². The van der Waals surface area contributed by atoms with E-state index in [0.29, 0.717) is 0 Å². The van der Waals surface area contributed by atoms with Crippen LogP contribution in [0.4, 0.5) is 0 Å². The summed E-state index contributed by atoms with van der Waals surface area (Å²) >= 11 is 0. The molecule has 0 aliphatic heterocycles. The van der Waals surface area contributed by atoms with Crippen LogP contribution in [-0.2, 0) is 19.6 Å². The molecular formula is C18H30N10. The molecule has 3 rings (SSSR count). The van der Waals surface area contributed by atoms with Crippen LogP contribution in [0.15, 0.2) is 36.8 Å². The highest BCUT2D eigenvalue weighted by Gasteiger charge is 2.05. The Hall–Kier alpha value is -2.53. The Labute approximate surface area is 164 Å². The molecule has 6 N–H and O–H groups in total. The fourth-order valence-electron chi connectivity index (χ4n) is 2.87. The van der Waals surface area contributed by atoms with Crippen molar-refractivity contribution in [3.05, 3.63) is 53.9 Å². The van der Waals surface area contributed by atoms with Crippen molar-refractivity contribution in [2.45, 2.75) is 19.6 Å². The van der Waals surface area contributed by atoms with Gasteiger partial charge in [-0.25, -0.2) is 0 Å². The van der Waals surface area contributed by atoms with Crippen LogP contribution in [0.3, 0.4) is 0 Å². The zero-order chi connectivity index (χ0) is 19.3. The predicted molar refractivity (Wildman–Crippen MR) is 107 cm³/mol. The molecule has 0 aliphatic rings. The summed E-state index contributed by atoms with van der Waals surface area (Å²) < 4.78 is 0. The Morgan fingerprint density at radius 1 is 0.607 bits per heavy atom. The van der Waals surface area contributed by atoms with Crippen LogP contribution in [0, 0.1) is 0 Å². The van der Waals surface area contributed by atoms with Crippen molar-refractivity contribution >= 4 is 0 Å². The van der Waals surface area contributed by atoms with Gasteiger partial charge in [-0.3, -0.25) is 20.2 Å². The third-order valence-electron chi connectivity index (χ3n) is 4.44. The smallest absolute Gasteiger partial charge is 0.0490 e. The molecule has 0 aromatic carbocycles. The van der Waals surface area contributed by atoms with Crippen LogP contribution in [-0.4, -0.2) is 74.8 Å². The fraction of sp³-hybridized carbons (Fsp3) is 0.500. The first-order valence-corrected chi connectivity index (χ1v) is 9.69. The standard InChI is InChI=1S/C18H30N10/c1-4-22-25-16(1)13-19-7-10-28(11-8-20-14-17-2-5-23-26-17)12-9-21-15-18-3-6-24-27-18/h1-6,19-21H,7-15H2,(H,22,25)(H,23,26)(H,24,27). The van der Waals surface area contributed by atoms with Crippen LogP contribution >= 0.6 is 0 Å². The quantitative estimate of drug-likeness (QED) is 0.200. The van der Waals surface area contributed by atoms with Gasteiger partial charge in [-0.05, 0) is 18.2 Å². The van der Waals surface area contributed by atoms with Gasteiger partial charge in [0.25, 0.3) is 0 Å². The Morgan fingerprint density at radius 2 is 0.964 bits per heavy atom. The van der Waals surface area contributed by atoms with Crippen molar-refractivity contribution in [1.82, 2.24) is 51.4 Å². The summed E-state index contributed by atoms with van der Waals surface area (Å²) in [5.74, 6) is 0. The molecule has 0 fully saturated rings. The fourth-order valence-corrected chi connectivity index (χ4v) is 2.87. The van der Waals surface area contributed by atoms with E-state index in [1.54, 1.807) is 18.6 Å². The average molecular weight is 387 g/mol. The third-order valence-corrected chi connectivity index (χ3v) is 4.44. The van der Waals surface area contributed by atoms with Crippen LogP contribution < -0.4 is 16.0 Å². The van der Waals surface area contributed by atoms with Gasteiger partial charge in [-0.1, -0.05) is 0 Å². The summed E-state index contributed by atoms with van der Waals surface area (Å²) in [7, 11) is 0. The van der Waals surface area contributed by atoms with Crippen molar-refractivity contribution in [3.8, 4) is 0 Å². The van der Waals surface area contributed by atoms with Crippen molar-refractivity contribution in [2.75, 3.05) is 39.3 Å². The number of hydrogen-bond acceptors (Lipinski definition) is 7. The summed E-state index contributed by atoms with van der Waals surface area (Å²) in [5, 5.41) is 31.2. The molecule has 3 heterocycles. The van der Waals surface area contributed by atoms with Crippen molar-refractivity contribution in [1.29, 1.82) is 0 Å². The summed E-state index contributed by atoms with van der Waals surface area (Å²) in [5.41, 5.74) is 3.32. The van der Waals surface area contributed by atoms with E-state index < -0.39 is 0 Å². The highest BCUT2D eigenvalue weighted by atomic mass is 15.2. The SMILES string of the molecule is c1cc(CNCCN(CCNCc2ccn[nH]2)CCNCc2ccn[nH]2)[nH]n1. The maximum atomic E-state index is 3.97. The maximum absolute atomic E-state index is 3.97. The molecule has 10 heteroatoms. The molecule has 0 spiro atoms. The first-order chi connectivity index (χ1) is 13.9. The molecule has 0 radical (unpaired) electrons. The van der Waals surface area contributed by atoms with Crippen LogP contribution in [0.5, 0.6) is 0 Å². The molecule has 0 atom stereocenters. The first-order valence-electron chi connectivity index (χ1n) is 9.69. The number of H-pyrrole nitrogens is 3. The van der Waals surface area contributed by atoms with Crippen LogP contribution in [0.2, 0.25) is 0 Å². The highest BCUT2D eigenvalue weighted by molar-refractivity contribution is 4.97. The molecule has 152 valence electrons. The molecule has 10 nitrogen and oxygen atoms in total. The number of nitrogens with zero attached hydrogens (tertiary/aromatic N) is 4. The Kier molecular flexibility index (Phi) is 8.69. The number of aromatic nitrogens is 6. The highest BCUT2D eigenvalue weighted by Crippen LogP contribution is 1.93. The van der Waals surface area contributed by atoms with Gasteiger partial charge in [0.05, 0.1) is 0 Å². The molecule has 3 aromatic heterocycles. The van der Waals surface area contributed by atoms with Gasteiger partial charge in [0.15, 0.2) is 0 Å². The van der Waals surface area contributed by atoms with E-state index in [1.807, 2.05) is 18.2 Å². The second-order valence-electron chi connectivity index (χ2n) is 6.62. The normalized spacial score (nSPS) is 11.5. The lowest BCUT2D eigenvalue weighted by molar-refractivity contribution is 0.270. The zero-order valence-electron chi connectivity index (χ0n) is 16.1. The lowest BCUT2D eigenvalue weighted by Crippen LogP contribution is -2.40. The van der Waals surface area contributed by atoms with Gasteiger partial charge in [-0.2, -0.15) is 15.3 Å². The van der Waals surface area contributed by atoms with Gasteiger partial charge < -0.3 is 16.0 Å². The monoisotopic (exact) mass is 386 g/mol. The summed E-state index contributed by atoms with van der Waals surface area (Å²) in [6.45, 7) is 8.20. The van der Waals surface area contributed by atoms with Gasteiger partial charge in [0.1, 0.15) is 0 Å². The van der Waals surface area contributed by atoms with Crippen LogP contribution in [0.1, 0.15) is 17.1 Å². The minimum absolute atomic E-state index is 0.810. The predicted octanol–water partition coefficient (Wildman–Crippen LogP) is -0.173. The zero-order valence-corrected chi connectivity index (χ0v) is 16.1. The first kappa shape index (κ1) is 20.2. The summed E-state index contributed by atoms with van der Waals surface area (Å²) in [4.78, 5) is 2.46. The molecule has 0 amide bonds. The lowest BCUT2D eigenvalue weighted by Gasteiger charge is -2.23. The van der Waals surface area contributed by atoms with Gasteiger partial charge in [0, 0.05) is 94.6 Å². The molecule has 28 heavy (non-hydrogen) atoms. The Morgan fingerprint density at radius 3 is 1.25 bits per heavy atom. The van der Waals surface area contributed by atoms with E-state index in [2.05, 4.69) is 51.4 Å². The number of rotatable bonds is 15. The molecule has 0 saturated heterocycles. The number of nitrogens with one attached hydrogen (secondary N) is 6. The number of aromatic amines is 3. The Bertz CT molecular complexity index is 607. The number of hydrogen-bond donors (Lipinski definition) is 6. The second kappa shape index (κ2) is 12.0.